The molecule has 2 aromatic carbocycles. The largest absolute Gasteiger partial charge is 0.493 e. The Bertz CT molecular complexity index is 849. The maximum atomic E-state index is 12.5. The Labute approximate surface area is 139 Å². The molecule has 0 spiro atoms. The van der Waals surface area contributed by atoms with Crippen LogP contribution in [0.5, 0.6) is 17.2 Å². The van der Waals surface area contributed by atoms with Crippen LogP contribution in [0, 0.1) is 11.3 Å². The van der Waals surface area contributed by atoms with Crippen LogP contribution in [-0.2, 0) is 0 Å². The number of hydrogen-bond acceptors (Lipinski definition) is 5. The second kappa shape index (κ2) is 6.88. The Balaban J connectivity index is 1.89. The molecule has 5 nitrogen and oxygen atoms in total. The van der Waals surface area contributed by atoms with Gasteiger partial charge >= 0.3 is 0 Å². The van der Waals surface area contributed by atoms with Crippen molar-refractivity contribution in [3.63, 3.8) is 0 Å². The van der Waals surface area contributed by atoms with E-state index in [4.69, 9.17) is 19.5 Å². The monoisotopic (exact) mass is 321 g/mol. The Hall–Kier alpha value is -3.26. The highest BCUT2D eigenvalue weighted by Crippen LogP contribution is 2.31. The van der Waals surface area contributed by atoms with E-state index < -0.39 is 0 Å². The SMILES string of the molecule is COc1cc(/C=C2/COc3ccccc3C2=O)ccc1OCC#N. The van der Waals surface area contributed by atoms with E-state index in [0.29, 0.717) is 28.4 Å². The number of ether oxygens (including phenoxy) is 3. The summed E-state index contributed by atoms with van der Waals surface area (Å²) >= 11 is 0. The lowest BCUT2D eigenvalue weighted by Gasteiger charge is -2.18. The van der Waals surface area contributed by atoms with Gasteiger partial charge in [0.1, 0.15) is 18.4 Å². The number of nitrogens with zero attached hydrogens (tertiary/aromatic N) is 1. The first-order valence-electron chi connectivity index (χ1n) is 7.38. The minimum absolute atomic E-state index is 0.0411. The molecule has 0 bridgehead atoms. The molecule has 0 saturated heterocycles. The molecule has 0 aliphatic carbocycles. The van der Waals surface area contributed by atoms with Gasteiger partial charge in [-0.2, -0.15) is 5.26 Å². The fraction of sp³-hybridized carbons (Fsp3) is 0.158. The van der Waals surface area contributed by atoms with E-state index in [9.17, 15) is 4.79 Å². The van der Waals surface area contributed by atoms with Crippen molar-refractivity contribution in [2.24, 2.45) is 0 Å². The molecule has 5 heteroatoms. The number of benzene rings is 2. The number of carbonyl (C=O) groups is 1. The summed E-state index contributed by atoms with van der Waals surface area (Å²) < 4.78 is 16.2. The third-order valence-corrected chi connectivity index (χ3v) is 3.63. The zero-order valence-corrected chi connectivity index (χ0v) is 13.1. The molecule has 0 aromatic heterocycles. The van der Waals surface area contributed by atoms with Gasteiger partial charge in [0, 0.05) is 5.57 Å². The van der Waals surface area contributed by atoms with E-state index in [1.165, 1.54) is 7.11 Å². The summed E-state index contributed by atoms with van der Waals surface area (Å²) in [6, 6.07) is 14.4. The van der Waals surface area contributed by atoms with E-state index in [2.05, 4.69) is 0 Å². The standard InChI is InChI=1S/C19H15NO4/c1-22-18-11-13(6-7-17(18)23-9-8-20)10-14-12-24-16-5-3-2-4-15(16)19(14)21/h2-7,10-11H,9,12H2,1H3/b14-10-. The molecule has 1 aliphatic rings. The van der Waals surface area contributed by atoms with Gasteiger partial charge in [-0.1, -0.05) is 18.2 Å². The zero-order chi connectivity index (χ0) is 16.9. The highest BCUT2D eigenvalue weighted by atomic mass is 16.5. The molecule has 1 heterocycles. The molecule has 0 unspecified atom stereocenters. The van der Waals surface area contributed by atoms with Crippen LogP contribution in [-0.4, -0.2) is 26.1 Å². The highest BCUT2D eigenvalue weighted by molar-refractivity contribution is 6.14. The van der Waals surface area contributed by atoms with Crippen LogP contribution in [0.2, 0.25) is 0 Å². The summed E-state index contributed by atoms with van der Waals surface area (Å²) in [5, 5.41) is 8.59. The number of methoxy groups -OCH3 is 1. The molecule has 1 aliphatic heterocycles. The Kier molecular flexibility index (Phi) is 4.48. The van der Waals surface area contributed by atoms with Gasteiger partial charge in [-0.3, -0.25) is 4.79 Å². The zero-order valence-electron chi connectivity index (χ0n) is 13.1. The van der Waals surface area contributed by atoms with E-state index in [-0.39, 0.29) is 19.0 Å². The normalized spacial score (nSPS) is 14.5. The van der Waals surface area contributed by atoms with Crippen molar-refractivity contribution in [2.45, 2.75) is 0 Å². The fourth-order valence-electron chi connectivity index (χ4n) is 2.49. The van der Waals surface area contributed by atoms with Gasteiger partial charge in [-0.05, 0) is 35.9 Å². The molecule has 120 valence electrons. The Morgan fingerprint density at radius 1 is 1.25 bits per heavy atom. The number of rotatable bonds is 4. The van der Waals surface area contributed by atoms with Crippen LogP contribution in [0.4, 0.5) is 0 Å². The summed E-state index contributed by atoms with van der Waals surface area (Å²) in [6.07, 6.45) is 1.77. The quantitative estimate of drug-likeness (QED) is 0.809. The minimum atomic E-state index is -0.0556. The molecule has 3 rings (SSSR count). The average Bonchev–Trinajstić information content (AvgIpc) is 2.63. The van der Waals surface area contributed by atoms with Gasteiger partial charge in [0.15, 0.2) is 23.9 Å². The van der Waals surface area contributed by atoms with Crippen LogP contribution in [0.1, 0.15) is 15.9 Å². The maximum Gasteiger partial charge on any atom is 0.196 e. The van der Waals surface area contributed by atoms with Crippen molar-refractivity contribution in [1.82, 2.24) is 0 Å². The molecule has 2 aromatic rings. The molecule has 0 fully saturated rings. The van der Waals surface area contributed by atoms with Crippen molar-refractivity contribution >= 4 is 11.9 Å². The van der Waals surface area contributed by atoms with Gasteiger partial charge in [-0.25, -0.2) is 0 Å². The van der Waals surface area contributed by atoms with Crippen molar-refractivity contribution in [3.05, 3.63) is 59.2 Å². The first-order valence-corrected chi connectivity index (χ1v) is 7.38. The summed E-state index contributed by atoms with van der Waals surface area (Å²) in [5.74, 6) is 1.56. The molecule has 24 heavy (non-hydrogen) atoms. The summed E-state index contributed by atoms with van der Waals surface area (Å²) in [6.45, 7) is 0.171. The van der Waals surface area contributed by atoms with Gasteiger partial charge < -0.3 is 14.2 Å². The predicted octanol–water partition coefficient (Wildman–Crippen LogP) is 3.26. The second-order valence-corrected chi connectivity index (χ2v) is 5.14. The predicted molar refractivity (Wildman–Crippen MR) is 88.3 cm³/mol. The lowest BCUT2D eigenvalue weighted by molar-refractivity contribution is 0.100. The van der Waals surface area contributed by atoms with Crippen molar-refractivity contribution in [2.75, 3.05) is 20.3 Å². The molecule has 0 radical (unpaired) electrons. The maximum absolute atomic E-state index is 12.5. The number of nitriles is 1. The van der Waals surface area contributed by atoms with Crippen LogP contribution >= 0.6 is 0 Å². The molecule has 0 amide bonds. The van der Waals surface area contributed by atoms with E-state index >= 15 is 0 Å². The molecule has 0 saturated carbocycles. The number of para-hydroxylation sites is 1. The number of Topliss-reactive ketones (excluding diaryl/α,β-unsaturated/α-hetero) is 1. The topological polar surface area (TPSA) is 68.6 Å². The minimum Gasteiger partial charge on any atom is -0.493 e. The molecular weight excluding hydrogens is 306 g/mol. The lowest BCUT2D eigenvalue weighted by Crippen LogP contribution is -2.18. The van der Waals surface area contributed by atoms with Gasteiger partial charge in [0.2, 0.25) is 0 Å². The Morgan fingerprint density at radius 2 is 2.08 bits per heavy atom. The molecule has 0 N–H and O–H groups in total. The number of hydrogen-bond donors (Lipinski definition) is 0. The highest BCUT2D eigenvalue weighted by Gasteiger charge is 2.22. The van der Waals surface area contributed by atoms with Crippen molar-refractivity contribution in [3.8, 4) is 23.3 Å². The van der Waals surface area contributed by atoms with Crippen LogP contribution in [0.15, 0.2) is 48.0 Å². The van der Waals surface area contributed by atoms with E-state index in [1.54, 1.807) is 36.4 Å². The van der Waals surface area contributed by atoms with E-state index in [1.807, 2.05) is 18.2 Å². The first-order chi connectivity index (χ1) is 11.7. The van der Waals surface area contributed by atoms with Crippen molar-refractivity contribution in [1.29, 1.82) is 5.26 Å². The summed E-state index contributed by atoms with van der Waals surface area (Å²) in [7, 11) is 1.52. The molecular formula is C19H15NO4. The summed E-state index contributed by atoms with van der Waals surface area (Å²) in [5.41, 5.74) is 1.93. The smallest absolute Gasteiger partial charge is 0.196 e. The fourth-order valence-corrected chi connectivity index (χ4v) is 2.49. The van der Waals surface area contributed by atoms with Crippen molar-refractivity contribution < 1.29 is 19.0 Å². The Morgan fingerprint density at radius 3 is 2.88 bits per heavy atom. The lowest BCUT2D eigenvalue weighted by atomic mass is 9.98. The first kappa shape index (κ1) is 15.6. The summed E-state index contributed by atoms with van der Waals surface area (Å²) in [4.78, 5) is 12.5. The third kappa shape index (κ3) is 3.08. The number of carbonyl (C=O) groups excluding carboxylic acids is 1. The second-order valence-electron chi connectivity index (χ2n) is 5.14. The van der Waals surface area contributed by atoms with Gasteiger partial charge in [0.05, 0.1) is 12.7 Å². The van der Waals surface area contributed by atoms with Crippen LogP contribution in [0.3, 0.4) is 0 Å². The van der Waals surface area contributed by atoms with Crippen LogP contribution < -0.4 is 14.2 Å². The average molecular weight is 321 g/mol. The van der Waals surface area contributed by atoms with E-state index in [0.717, 1.165) is 5.56 Å². The third-order valence-electron chi connectivity index (χ3n) is 3.63. The number of fused-ring (bicyclic) bond motifs is 1. The number of ketones is 1. The van der Waals surface area contributed by atoms with Crippen LogP contribution in [0.25, 0.3) is 6.08 Å². The molecule has 0 atom stereocenters. The van der Waals surface area contributed by atoms with Gasteiger partial charge in [0.25, 0.3) is 0 Å². The van der Waals surface area contributed by atoms with Gasteiger partial charge in [-0.15, -0.1) is 0 Å².